The maximum atomic E-state index is 11.8. The van der Waals surface area contributed by atoms with E-state index in [4.69, 9.17) is 10.5 Å². The van der Waals surface area contributed by atoms with Crippen LogP contribution < -0.4 is 11.1 Å². The maximum absolute atomic E-state index is 11.8. The summed E-state index contributed by atoms with van der Waals surface area (Å²) in [6.07, 6.45) is 9.96. The monoisotopic (exact) mass is 309 g/mol. The zero-order valence-corrected chi connectivity index (χ0v) is 13.5. The Morgan fingerprint density at radius 2 is 2.19 bits per heavy atom. The second kappa shape index (κ2) is 7.02. The van der Waals surface area contributed by atoms with Crippen molar-refractivity contribution in [2.75, 3.05) is 31.0 Å². The Bertz CT molecular complexity index is 502. The molecule has 1 aliphatic carbocycles. The highest BCUT2D eigenvalue weighted by Gasteiger charge is 2.31. The fourth-order valence-electron chi connectivity index (χ4n) is 2.78. The van der Waals surface area contributed by atoms with Crippen LogP contribution in [0, 0.1) is 0 Å². The first-order valence-corrected chi connectivity index (χ1v) is 8.45. The van der Waals surface area contributed by atoms with E-state index in [0.717, 1.165) is 6.54 Å². The molecule has 1 aromatic rings. The summed E-state index contributed by atoms with van der Waals surface area (Å²) in [6.45, 7) is 0.801. The number of thioether (sulfide) groups is 1. The largest absolute Gasteiger partial charge is 0.465 e. The summed E-state index contributed by atoms with van der Waals surface area (Å²) in [5.74, 6) is 0.134. The van der Waals surface area contributed by atoms with E-state index in [1.165, 1.54) is 39.2 Å². The number of carbonyl (C=O) groups excluding carboxylic acids is 1. The lowest BCUT2D eigenvalue weighted by molar-refractivity contribution is 0.0601. The minimum absolute atomic E-state index is 0.231. The van der Waals surface area contributed by atoms with E-state index in [9.17, 15) is 4.79 Å². The van der Waals surface area contributed by atoms with Gasteiger partial charge in [-0.25, -0.2) is 9.78 Å². The zero-order chi connectivity index (χ0) is 15.3. The molecular formula is C15H23N3O2S. The summed E-state index contributed by atoms with van der Waals surface area (Å²) in [5.41, 5.74) is 6.56. The number of nitrogens with one attached hydrogen (secondary N) is 1. The predicted molar refractivity (Wildman–Crippen MR) is 87.8 cm³/mol. The van der Waals surface area contributed by atoms with Crippen LogP contribution in [0.3, 0.4) is 0 Å². The summed E-state index contributed by atoms with van der Waals surface area (Å²) in [5, 5.41) is 3.33. The highest BCUT2D eigenvalue weighted by atomic mass is 32.2. The summed E-state index contributed by atoms with van der Waals surface area (Å²) < 4.78 is 5.03. The standard InChI is InChI=1S/C15H23N3O2S/c1-20-14(19)12-8-11(16)9-17-13(12)18-10-15(21-2)6-4-3-5-7-15/h8-9H,3-7,10,16H2,1-2H3,(H,17,18). The Balaban J connectivity index is 2.13. The third-order valence-electron chi connectivity index (χ3n) is 4.09. The highest BCUT2D eigenvalue weighted by molar-refractivity contribution is 8.00. The van der Waals surface area contributed by atoms with Crippen LogP contribution in [0.15, 0.2) is 12.3 Å². The van der Waals surface area contributed by atoms with Gasteiger partial charge in [-0.05, 0) is 25.2 Å². The van der Waals surface area contributed by atoms with Gasteiger partial charge in [0, 0.05) is 11.3 Å². The molecule has 0 atom stereocenters. The topological polar surface area (TPSA) is 77.2 Å². The first-order chi connectivity index (χ1) is 10.1. The van der Waals surface area contributed by atoms with Gasteiger partial charge < -0.3 is 15.8 Å². The number of ether oxygens (including phenoxy) is 1. The number of esters is 1. The predicted octanol–water partition coefficient (Wildman–Crippen LogP) is 2.93. The number of carbonyl (C=O) groups is 1. The minimum Gasteiger partial charge on any atom is -0.465 e. The Morgan fingerprint density at radius 3 is 2.81 bits per heavy atom. The Hall–Kier alpha value is -1.43. The molecule has 6 heteroatoms. The molecule has 0 aliphatic heterocycles. The molecule has 1 saturated carbocycles. The third-order valence-corrected chi connectivity index (χ3v) is 5.51. The number of aromatic nitrogens is 1. The van der Waals surface area contributed by atoms with Gasteiger partial charge in [0.25, 0.3) is 0 Å². The molecule has 2 rings (SSSR count). The number of nitrogens with zero attached hydrogens (tertiary/aromatic N) is 1. The lowest BCUT2D eigenvalue weighted by Crippen LogP contribution is -2.36. The molecule has 0 saturated heterocycles. The van der Waals surface area contributed by atoms with Crippen LogP contribution in [0.5, 0.6) is 0 Å². The average Bonchev–Trinajstić information content (AvgIpc) is 2.53. The van der Waals surface area contributed by atoms with Crippen molar-refractivity contribution in [3.63, 3.8) is 0 Å². The van der Waals surface area contributed by atoms with E-state index in [2.05, 4.69) is 16.6 Å². The van der Waals surface area contributed by atoms with Crippen LogP contribution in [-0.2, 0) is 4.74 Å². The number of nitrogens with two attached hydrogens (primary N) is 1. The smallest absolute Gasteiger partial charge is 0.341 e. The number of pyridine rings is 1. The van der Waals surface area contributed by atoms with Gasteiger partial charge in [-0.2, -0.15) is 11.8 Å². The highest BCUT2D eigenvalue weighted by Crippen LogP contribution is 2.38. The fourth-order valence-corrected chi connectivity index (χ4v) is 3.69. The van der Waals surface area contributed by atoms with Crippen LogP contribution in [0.4, 0.5) is 11.5 Å². The fraction of sp³-hybridized carbons (Fsp3) is 0.600. The molecule has 1 fully saturated rings. The molecule has 0 aromatic carbocycles. The Labute approximate surface area is 130 Å². The zero-order valence-electron chi connectivity index (χ0n) is 12.6. The van der Waals surface area contributed by atoms with Crippen molar-refractivity contribution in [2.45, 2.75) is 36.9 Å². The first kappa shape index (κ1) is 15.9. The normalized spacial score (nSPS) is 17.2. The van der Waals surface area contributed by atoms with Gasteiger partial charge in [0.2, 0.25) is 0 Å². The number of hydrogen-bond donors (Lipinski definition) is 2. The molecule has 1 aliphatic rings. The average molecular weight is 309 g/mol. The molecule has 0 radical (unpaired) electrons. The molecular weight excluding hydrogens is 286 g/mol. The van der Waals surface area contributed by atoms with Crippen molar-refractivity contribution in [3.8, 4) is 0 Å². The van der Waals surface area contributed by atoms with E-state index in [0.29, 0.717) is 17.1 Å². The Kier molecular flexibility index (Phi) is 5.33. The van der Waals surface area contributed by atoms with E-state index >= 15 is 0 Å². The van der Waals surface area contributed by atoms with Gasteiger partial charge in [0.15, 0.2) is 0 Å². The first-order valence-electron chi connectivity index (χ1n) is 7.23. The summed E-state index contributed by atoms with van der Waals surface area (Å²) in [6, 6.07) is 1.60. The van der Waals surface area contributed by atoms with Crippen LogP contribution in [-0.4, -0.2) is 35.6 Å². The van der Waals surface area contributed by atoms with Crippen LogP contribution in [0.25, 0.3) is 0 Å². The lowest BCUT2D eigenvalue weighted by Gasteiger charge is -2.36. The van der Waals surface area contributed by atoms with E-state index in [-0.39, 0.29) is 4.75 Å². The molecule has 21 heavy (non-hydrogen) atoms. The molecule has 0 unspecified atom stereocenters. The molecule has 0 spiro atoms. The van der Waals surface area contributed by atoms with Crippen molar-refractivity contribution < 1.29 is 9.53 Å². The van der Waals surface area contributed by atoms with Crippen LogP contribution in [0.2, 0.25) is 0 Å². The van der Waals surface area contributed by atoms with Crippen LogP contribution in [0.1, 0.15) is 42.5 Å². The quantitative estimate of drug-likeness (QED) is 0.814. The number of nitrogen functional groups attached to an aromatic ring is 1. The minimum atomic E-state index is -0.417. The molecule has 3 N–H and O–H groups in total. The van der Waals surface area contributed by atoms with Gasteiger partial charge in [-0.1, -0.05) is 19.3 Å². The van der Waals surface area contributed by atoms with Gasteiger partial charge in [-0.15, -0.1) is 0 Å². The second-order valence-electron chi connectivity index (χ2n) is 5.46. The third kappa shape index (κ3) is 3.81. The van der Waals surface area contributed by atoms with E-state index in [1.807, 2.05) is 11.8 Å². The molecule has 116 valence electrons. The van der Waals surface area contributed by atoms with Crippen molar-refractivity contribution in [1.82, 2.24) is 4.98 Å². The van der Waals surface area contributed by atoms with Crippen molar-refractivity contribution >= 4 is 29.2 Å². The van der Waals surface area contributed by atoms with E-state index in [1.54, 1.807) is 12.3 Å². The lowest BCUT2D eigenvalue weighted by atomic mass is 9.88. The summed E-state index contributed by atoms with van der Waals surface area (Å²) >= 11 is 1.90. The van der Waals surface area contributed by atoms with Crippen LogP contribution >= 0.6 is 11.8 Å². The molecule has 1 heterocycles. The van der Waals surface area contributed by atoms with Crippen molar-refractivity contribution in [2.24, 2.45) is 0 Å². The van der Waals surface area contributed by atoms with Crippen molar-refractivity contribution in [1.29, 1.82) is 0 Å². The van der Waals surface area contributed by atoms with Crippen molar-refractivity contribution in [3.05, 3.63) is 17.8 Å². The number of rotatable bonds is 5. The summed E-state index contributed by atoms with van der Waals surface area (Å²) in [4.78, 5) is 16.1. The van der Waals surface area contributed by atoms with Gasteiger partial charge in [-0.3, -0.25) is 0 Å². The summed E-state index contributed by atoms with van der Waals surface area (Å²) in [7, 11) is 1.36. The second-order valence-corrected chi connectivity index (χ2v) is 6.73. The Morgan fingerprint density at radius 1 is 1.48 bits per heavy atom. The molecule has 0 amide bonds. The SMILES string of the molecule is COC(=O)c1cc(N)cnc1NCC1(SC)CCCCC1. The molecule has 1 aromatic heterocycles. The van der Waals surface area contributed by atoms with E-state index < -0.39 is 5.97 Å². The molecule has 5 nitrogen and oxygen atoms in total. The van der Waals surface area contributed by atoms with Gasteiger partial charge >= 0.3 is 5.97 Å². The number of hydrogen-bond acceptors (Lipinski definition) is 6. The van der Waals surface area contributed by atoms with Gasteiger partial charge in [0.1, 0.15) is 11.4 Å². The number of methoxy groups -OCH3 is 1. The maximum Gasteiger partial charge on any atom is 0.341 e. The van der Waals surface area contributed by atoms with Gasteiger partial charge in [0.05, 0.1) is 19.0 Å². The molecule has 0 bridgehead atoms. The number of anilines is 2.